The van der Waals surface area contributed by atoms with Crippen LogP contribution in [-0.2, 0) is 9.59 Å². The number of methoxy groups -OCH3 is 2. The van der Waals surface area contributed by atoms with Crippen molar-refractivity contribution in [1.82, 2.24) is 0 Å². The van der Waals surface area contributed by atoms with Crippen molar-refractivity contribution < 1.29 is 28.6 Å². The number of amides is 2. The van der Waals surface area contributed by atoms with Crippen LogP contribution in [-0.4, -0.2) is 39.5 Å². The molecular weight excluding hydrogens is 717 g/mol. The van der Waals surface area contributed by atoms with E-state index in [1.165, 1.54) is 0 Å². The molecule has 1 spiro atoms. The number of ether oxygens (including phenoxy) is 2. The number of aryl methyl sites for hydroxylation is 4. The Labute approximate surface area is 334 Å². The van der Waals surface area contributed by atoms with Crippen LogP contribution in [0.2, 0.25) is 18.1 Å². The zero-order chi connectivity index (χ0) is 41.2. The van der Waals surface area contributed by atoms with Crippen LogP contribution in [0, 0.1) is 47.0 Å². The predicted octanol–water partition coefficient (Wildman–Crippen LogP) is 10.8. The van der Waals surface area contributed by atoms with Gasteiger partial charge in [0.1, 0.15) is 23.0 Å². The number of nitrogens with zero attached hydrogens (tertiary/aromatic N) is 2. The van der Waals surface area contributed by atoms with Gasteiger partial charge in [0, 0.05) is 29.1 Å². The van der Waals surface area contributed by atoms with Crippen molar-refractivity contribution in [3.8, 4) is 23.0 Å². The second-order valence-corrected chi connectivity index (χ2v) is 22.2. The molecule has 0 aromatic heterocycles. The van der Waals surface area contributed by atoms with Gasteiger partial charge in [-0.15, -0.1) is 0 Å². The molecule has 4 aromatic carbocycles. The molecule has 2 heterocycles. The van der Waals surface area contributed by atoms with Gasteiger partial charge in [-0.1, -0.05) is 51.6 Å². The van der Waals surface area contributed by atoms with E-state index < -0.39 is 8.32 Å². The summed E-state index contributed by atoms with van der Waals surface area (Å²) >= 11 is 0. The fraction of sp³-hybridized carbons (Fsp3) is 0.404. The molecule has 0 unspecified atom stereocenters. The average molecular weight is 775 g/mol. The molecule has 7 rings (SSSR count). The third kappa shape index (κ3) is 6.88. The lowest BCUT2D eigenvalue weighted by Crippen LogP contribution is -2.57. The first-order chi connectivity index (χ1) is 26.2. The molecule has 56 heavy (non-hydrogen) atoms. The lowest BCUT2D eigenvalue weighted by atomic mass is 9.78. The number of phenolic OH excluding ortho intramolecular Hbond substituents is 1. The van der Waals surface area contributed by atoms with Crippen LogP contribution in [0.3, 0.4) is 0 Å². The zero-order valence-electron chi connectivity index (χ0n) is 35.4. The maximum atomic E-state index is 12.9. The number of carbonyl (C=O) groups is 2. The number of benzene rings is 4. The van der Waals surface area contributed by atoms with Gasteiger partial charge in [0.05, 0.1) is 31.7 Å². The fourth-order valence-electron chi connectivity index (χ4n) is 7.55. The van der Waals surface area contributed by atoms with Crippen LogP contribution >= 0.6 is 0 Å². The first-order valence-electron chi connectivity index (χ1n) is 19.4. The van der Waals surface area contributed by atoms with Crippen LogP contribution in [0.4, 0.5) is 11.4 Å². The molecule has 9 heteroatoms. The summed E-state index contributed by atoms with van der Waals surface area (Å²) < 4.78 is 17.6. The van der Waals surface area contributed by atoms with Crippen molar-refractivity contribution in [3.05, 3.63) is 117 Å². The highest BCUT2D eigenvalue weighted by molar-refractivity contribution is 6.74. The molecule has 2 atom stereocenters. The summed E-state index contributed by atoms with van der Waals surface area (Å²) in [5.74, 6) is 2.89. The molecule has 296 valence electrons. The van der Waals surface area contributed by atoms with Crippen molar-refractivity contribution in [1.29, 1.82) is 0 Å². The van der Waals surface area contributed by atoms with E-state index >= 15 is 0 Å². The molecule has 2 amide bonds. The van der Waals surface area contributed by atoms with Gasteiger partial charge in [0.15, 0.2) is 0 Å². The van der Waals surface area contributed by atoms with Crippen molar-refractivity contribution >= 4 is 31.5 Å². The number of phenols is 1. The van der Waals surface area contributed by atoms with Crippen LogP contribution < -0.4 is 23.7 Å². The summed E-state index contributed by atoms with van der Waals surface area (Å²) in [6.45, 7) is 27.3. The number of rotatable bonds is 8. The van der Waals surface area contributed by atoms with E-state index in [1.54, 1.807) is 25.2 Å². The van der Waals surface area contributed by atoms with E-state index in [1.807, 2.05) is 75.9 Å². The van der Waals surface area contributed by atoms with E-state index in [9.17, 15) is 14.7 Å². The van der Waals surface area contributed by atoms with E-state index in [0.717, 1.165) is 86.0 Å². The maximum Gasteiger partial charge on any atom is 0.256 e. The fourth-order valence-corrected chi connectivity index (χ4v) is 8.62. The number of anilines is 2. The van der Waals surface area contributed by atoms with Gasteiger partial charge in [-0.3, -0.25) is 14.5 Å². The van der Waals surface area contributed by atoms with Gasteiger partial charge in [0.25, 0.3) is 5.91 Å². The van der Waals surface area contributed by atoms with Crippen LogP contribution in [0.15, 0.2) is 72.8 Å². The molecule has 8 nitrogen and oxygen atoms in total. The van der Waals surface area contributed by atoms with Crippen molar-refractivity contribution in [2.45, 2.75) is 105 Å². The van der Waals surface area contributed by atoms with E-state index in [-0.39, 0.29) is 40.1 Å². The van der Waals surface area contributed by atoms with Crippen LogP contribution in [0.1, 0.15) is 90.2 Å². The maximum absolute atomic E-state index is 12.9. The lowest BCUT2D eigenvalue weighted by Gasteiger charge is -2.48. The Bertz CT molecular complexity index is 2250. The molecule has 1 aliphatic carbocycles. The Morgan fingerprint density at radius 1 is 0.714 bits per heavy atom. The van der Waals surface area contributed by atoms with Gasteiger partial charge in [-0.2, -0.15) is 0 Å². The Kier molecular flexibility index (Phi) is 10.5. The summed E-state index contributed by atoms with van der Waals surface area (Å²) in [4.78, 5) is 29.4. The first-order valence-corrected chi connectivity index (χ1v) is 22.3. The molecule has 0 bridgehead atoms. The molecule has 3 aliphatic rings. The summed E-state index contributed by atoms with van der Waals surface area (Å²) in [7, 11) is 1.33. The van der Waals surface area contributed by atoms with Gasteiger partial charge < -0.3 is 23.9 Å². The van der Waals surface area contributed by atoms with E-state index in [4.69, 9.17) is 13.9 Å². The zero-order valence-corrected chi connectivity index (χ0v) is 36.4. The lowest BCUT2D eigenvalue weighted by molar-refractivity contribution is -0.132. The van der Waals surface area contributed by atoms with Crippen molar-refractivity contribution in [3.63, 3.8) is 0 Å². The number of β-lactam (4-membered cyclic amide) rings is 2. The minimum Gasteiger partial charge on any atom is -0.543 e. The highest BCUT2D eigenvalue weighted by Gasteiger charge is 2.68. The molecule has 1 N–H and O–H groups in total. The number of aromatic hydroxyl groups is 1. The number of hydrogen-bond acceptors (Lipinski definition) is 6. The highest BCUT2D eigenvalue weighted by atomic mass is 28.4. The standard InChI is InChI=1S/C26H35NO3Si.C21H23NO3/c1-16-11-12-20(14-22(16)30-31(9,10)26(5,6)7)24-19(4)25(28)27(24)21-13-17(2)18(3)23(15-21)29-8;1-12-5-6-15(10-17(12)23)19-21(7-8-21)20(24)22(19)16-9-13(2)14(3)18(11-16)25-4/h11-15,24H,4H2,1-3,5-10H3;5-6,9-11,19,23H,7-8H2,1-4H3/t24-;19-/m10/s1. The summed E-state index contributed by atoms with van der Waals surface area (Å²) in [5, 5.41) is 10.2. The van der Waals surface area contributed by atoms with E-state index in [0.29, 0.717) is 5.57 Å². The minimum absolute atomic E-state index is 0.0155. The Balaban J connectivity index is 0.000000194. The van der Waals surface area contributed by atoms with E-state index in [2.05, 4.69) is 65.6 Å². The second-order valence-electron chi connectivity index (χ2n) is 17.4. The number of carbonyl (C=O) groups excluding carboxylic acids is 2. The highest BCUT2D eigenvalue weighted by Crippen LogP contribution is 2.67. The Morgan fingerprint density at radius 2 is 1.23 bits per heavy atom. The van der Waals surface area contributed by atoms with Crippen molar-refractivity contribution in [2.75, 3.05) is 24.0 Å². The SMILES string of the molecule is C=C1C(=O)N(c2cc(C)c(C)c(OC)c2)[C@H]1c1ccc(C)c(O[Si](C)(C)C(C)(C)C)c1.COc1cc(N2C(=O)C3(CC3)[C@@H]2c2ccc(C)c(O)c2)cc(C)c1C. The molecule has 0 radical (unpaired) electrons. The quantitative estimate of drug-likeness (QED) is 0.109. The predicted molar refractivity (Wildman–Crippen MR) is 228 cm³/mol. The van der Waals surface area contributed by atoms with Crippen LogP contribution in [0.5, 0.6) is 23.0 Å². The third-order valence-corrected chi connectivity index (χ3v) is 17.1. The average Bonchev–Trinajstić information content (AvgIpc) is 3.97. The Morgan fingerprint density at radius 3 is 1.73 bits per heavy atom. The summed E-state index contributed by atoms with van der Waals surface area (Å²) in [5.41, 5.74) is 10.3. The normalized spacial score (nSPS) is 18.6. The molecule has 2 saturated heterocycles. The van der Waals surface area contributed by atoms with Gasteiger partial charge in [-0.25, -0.2) is 0 Å². The second kappa shape index (κ2) is 14.5. The van der Waals surface area contributed by atoms with Gasteiger partial charge >= 0.3 is 0 Å². The minimum atomic E-state index is -1.98. The first kappa shape index (κ1) is 40.6. The molecule has 1 saturated carbocycles. The summed E-state index contributed by atoms with van der Waals surface area (Å²) in [6.07, 6.45) is 1.84. The Hall–Kier alpha value is -5.02. The van der Waals surface area contributed by atoms with Crippen LogP contribution in [0.25, 0.3) is 0 Å². The molecular formula is C47H58N2O6Si. The molecule has 4 aromatic rings. The monoisotopic (exact) mass is 774 g/mol. The van der Waals surface area contributed by atoms with Gasteiger partial charge in [-0.05, 0) is 141 Å². The third-order valence-electron chi connectivity index (χ3n) is 12.8. The van der Waals surface area contributed by atoms with Gasteiger partial charge in [0.2, 0.25) is 14.2 Å². The smallest absolute Gasteiger partial charge is 0.256 e. The van der Waals surface area contributed by atoms with Crippen molar-refractivity contribution in [2.24, 2.45) is 5.41 Å². The largest absolute Gasteiger partial charge is 0.543 e. The molecule has 2 aliphatic heterocycles. The summed E-state index contributed by atoms with van der Waals surface area (Å²) in [6, 6.07) is 19.7. The molecule has 3 fully saturated rings. The number of hydrogen-bond donors (Lipinski definition) is 1. The topological polar surface area (TPSA) is 88.5 Å².